The second-order valence-electron chi connectivity index (χ2n) is 7.11. The molecule has 0 bridgehead atoms. The van der Waals surface area contributed by atoms with Gasteiger partial charge in [0.15, 0.2) is 5.17 Å². The van der Waals surface area contributed by atoms with Gasteiger partial charge in [0.1, 0.15) is 10.4 Å². The topological polar surface area (TPSA) is 41.9 Å². The van der Waals surface area contributed by atoms with Crippen molar-refractivity contribution in [3.05, 3.63) is 80.3 Å². The van der Waals surface area contributed by atoms with Crippen LogP contribution in [0.15, 0.2) is 64.1 Å². The Morgan fingerprint density at radius 2 is 1.72 bits per heavy atom. The monoisotopic (exact) mass is 446 g/mol. The maximum atomic E-state index is 12.4. The van der Waals surface area contributed by atoms with Gasteiger partial charge in [-0.05, 0) is 67.9 Å². The normalized spacial score (nSPS) is 23.3. The van der Waals surface area contributed by atoms with E-state index in [0.717, 1.165) is 22.0 Å². The van der Waals surface area contributed by atoms with Crippen LogP contribution in [0.3, 0.4) is 0 Å². The molecule has 7 heteroatoms. The standard InChI is InChI=1S/C22H20Cl2N2O2S/c1-4-28-20(27)18-13(2)26-19(14-5-9-16(23)10-6-14)22(3,25-21(26)29-18)15-7-11-17(24)12-8-15/h5-12,19H,4H2,1-3H3/t19?,22-/m0/s1. The Morgan fingerprint density at radius 1 is 1.14 bits per heavy atom. The average Bonchev–Trinajstić information content (AvgIpc) is 3.16. The van der Waals surface area contributed by atoms with Gasteiger partial charge in [0, 0.05) is 15.7 Å². The number of halogens is 2. The van der Waals surface area contributed by atoms with Crippen molar-refractivity contribution in [3.63, 3.8) is 0 Å². The number of hydrogen-bond donors (Lipinski definition) is 0. The predicted octanol–water partition coefficient (Wildman–Crippen LogP) is 6.16. The zero-order valence-corrected chi connectivity index (χ0v) is 18.6. The lowest BCUT2D eigenvalue weighted by Crippen LogP contribution is -2.34. The number of carbonyl (C=O) groups excluding carboxylic acids is 1. The fourth-order valence-corrected chi connectivity index (χ4v) is 5.27. The molecule has 0 fully saturated rings. The molecule has 4 rings (SSSR count). The van der Waals surface area contributed by atoms with Crippen LogP contribution in [0.2, 0.25) is 10.0 Å². The number of ether oxygens (including phenoxy) is 1. The molecule has 4 nitrogen and oxygen atoms in total. The van der Waals surface area contributed by atoms with E-state index in [4.69, 9.17) is 32.9 Å². The second-order valence-corrected chi connectivity index (χ2v) is 8.96. The maximum Gasteiger partial charge on any atom is 0.346 e. The van der Waals surface area contributed by atoms with Gasteiger partial charge in [-0.15, -0.1) is 0 Å². The molecule has 2 aliphatic rings. The van der Waals surface area contributed by atoms with Crippen molar-refractivity contribution in [2.45, 2.75) is 32.4 Å². The number of allylic oxidation sites excluding steroid dienone is 1. The summed E-state index contributed by atoms with van der Waals surface area (Å²) in [7, 11) is 0. The molecule has 0 amide bonds. The molecule has 0 saturated carbocycles. The summed E-state index contributed by atoms with van der Waals surface area (Å²) in [4.78, 5) is 20.2. The zero-order chi connectivity index (χ0) is 20.8. The van der Waals surface area contributed by atoms with Gasteiger partial charge < -0.3 is 9.64 Å². The molecule has 0 N–H and O–H groups in total. The SMILES string of the molecule is CCOC(=O)C1=C(C)N2C(=N[C@@](C)(c3ccc(Cl)cc3)C2c2ccc(Cl)cc2)S1. The third kappa shape index (κ3) is 3.45. The van der Waals surface area contributed by atoms with Gasteiger partial charge in [0.05, 0.1) is 12.6 Å². The number of rotatable bonds is 4. The van der Waals surface area contributed by atoms with Gasteiger partial charge >= 0.3 is 5.97 Å². The number of carbonyl (C=O) groups is 1. The smallest absolute Gasteiger partial charge is 0.346 e. The number of benzene rings is 2. The van der Waals surface area contributed by atoms with Crippen LogP contribution in [-0.4, -0.2) is 22.6 Å². The first-order chi connectivity index (χ1) is 13.8. The molecule has 29 heavy (non-hydrogen) atoms. The van der Waals surface area contributed by atoms with E-state index in [-0.39, 0.29) is 12.0 Å². The van der Waals surface area contributed by atoms with Gasteiger partial charge in [0.25, 0.3) is 0 Å². The number of amidine groups is 1. The van der Waals surface area contributed by atoms with E-state index >= 15 is 0 Å². The molecule has 150 valence electrons. The Bertz CT molecular complexity index is 1020. The summed E-state index contributed by atoms with van der Waals surface area (Å²) in [6.07, 6.45) is 0. The number of fused-ring (bicyclic) bond motifs is 1. The van der Waals surface area contributed by atoms with Gasteiger partial charge in [-0.3, -0.25) is 0 Å². The predicted molar refractivity (Wildman–Crippen MR) is 119 cm³/mol. The van der Waals surface area contributed by atoms with Crippen LogP contribution < -0.4 is 0 Å². The van der Waals surface area contributed by atoms with Crippen molar-refractivity contribution < 1.29 is 9.53 Å². The molecule has 0 saturated heterocycles. The van der Waals surface area contributed by atoms with Gasteiger partial charge in [-0.1, -0.05) is 47.5 Å². The molecule has 2 aliphatic heterocycles. The summed E-state index contributed by atoms with van der Waals surface area (Å²) in [5, 5.41) is 2.15. The van der Waals surface area contributed by atoms with Crippen LogP contribution in [-0.2, 0) is 15.1 Å². The second kappa shape index (κ2) is 7.71. The molecule has 0 spiro atoms. The largest absolute Gasteiger partial charge is 0.462 e. The van der Waals surface area contributed by atoms with E-state index < -0.39 is 5.54 Å². The van der Waals surface area contributed by atoms with Gasteiger partial charge in [-0.2, -0.15) is 0 Å². The third-order valence-corrected chi connectivity index (χ3v) is 6.92. The van der Waals surface area contributed by atoms with Crippen LogP contribution in [0.1, 0.15) is 37.9 Å². The van der Waals surface area contributed by atoms with E-state index in [1.165, 1.54) is 11.8 Å². The van der Waals surface area contributed by atoms with Crippen LogP contribution in [0.5, 0.6) is 0 Å². The van der Waals surface area contributed by atoms with E-state index in [9.17, 15) is 4.79 Å². The highest BCUT2D eigenvalue weighted by atomic mass is 35.5. The van der Waals surface area contributed by atoms with E-state index in [2.05, 4.69) is 11.8 Å². The Balaban J connectivity index is 1.84. The van der Waals surface area contributed by atoms with E-state index in [1.807, 2.05) is 55.5 Å². The molecule has 2 aromatic rings. The Kier molecular flexibility index (Phi) is 5.40. The first-order valence-corrected chi connectivity index (χ1v) is 10.9. The highest BCUT2D eigenvalue weighted by Gasteiger charge is 2.51. The molecular weight excluding hydrogens is 427 g/mol. The highest BCUT2D eigenvalue weighted by molar-refractivity contribution is 8.18. The van der Waals surface area contributed by atoms with E-state index in [0.29, 0.717) is 21.6 Å². The van der Waals surface area contributed by atoms with Gasteiger partial charge in [0.2, 0.25) is 0 Å². The van der Waals surface area contributed by atoms with Crippen molar-refractivity contribution in [3.8, 4) is 0 Å². The molecular formula is C22H20Cl2N2O2S. The summed E-state index contributed by atoms with van der Waals surface area (Å²) in [6.45, 7) is 6.20. The number of hydrogen-bond acceptors (Lipinski definition) is 5. The summed E-state index contributed by atoms with van der Waals surface area (Å²) in [6, 6.07) is 15.4. The zero-order valence-electron chi connectivity index (χ0n) is 16.3. The van der Waals surface area contributed by atoms with Crippen LogP contribution in [0.4, 0.5) is 0 Å². The molecule has 1 unspecified atom stereocenters. The quantitative estimate of drug-likeness (QED) is 0.527. The van der Waals surface area contributed by atoms with E-state index in [1.54, 1.807) is 6.92 Å². The van der Waals surface area contributed by atoms with Crippen LogP contribution in [0.25, 0.3) is 0 Å². The first-order valence-electron chi connectivity index (χ1n) is 9.31. The minimum atomic E-state index is -0.553. The molecule has 2 aromatic carbocycles. The first kappa shape index (κ1) is 20.3. The van der Waals surface area contributed by atoms with Crippen molar-refractivity contribution in [2.24, 2.45) is 4.99 Å². The number of nitrogens with zero attached hydrogens (tertiary/aromatic N) is 2. The van der Waals surface area contributed by atoms with Crippen molar-refractivity contribution >= 4 is 46.1 Å². The maximum absolute atomic E-state index is 12.4. The summed E-state index contributed by atoms with van der Waals surface area (Å²) >= 11 is 13.6. The lowest BCUT2D eigenvalue weighted by atomic mass is 9.81. The fraction of sp³-hybridized carbons (Fsp3) is 0.273. The van der Waals surface area contributed by atoms with Crippen LogP contribution >= 0.6 is 35.0 Å². The lowest BCUT2D eigenvalue weighted by Gasteiger charge is -2.35. The minimum absolute atomic E-state index is 0.129. The molecule has 2 atom stereocenters. The van der Waals surface area contributed by atoms with Crippen molar-refractivity contribution in [2.75, 3.05) is 6.61 Å². The Morgan fingerprint density at radius 3 is 2.31 bits per heavy atom. The van der Waals surface area contributed by atoms with Crippen LogP contribution in [0, 0.1) is 0 Å². The number of aliphatic imine (C=N–C) groups is 1. The Hall–Kier alpha value is -1.95. The van der Waals surface area contributed by atoms with Crippen molar-refractivity contribution in [1.82, 2.24) is 4.90 Å². The summed E-state index contributed by atoms with van der Waals surface area (Å²) < 4.78 is 5.24. The summed E-state index contributed by atoms with van der Waals surface area (Å²) in [5.74, 6) is -0.310. The Labute approximate surface area is 184 Å². The third-order valence-electron chi connectivity index (χ3n) is 5.28. The average molecular weight is 447 g/mol. The molecule has 0 radical (unpaired) electrons. The number of esters is 1. The van der Waals surface area contributed by atoms with Crippen molar-refractivity contribution in [1.29, 1.82) is 0 Å². The number of thioether (sulfide) groups is 1. The molecule has 0 aromatic heterocycles. The minimum Gasteiger partial charge on any atom is -0.462 e. The lowest BCUT2D eigenvalue weighted by molar-refractivity contribution is -0.137. The fourth-order valence-electron chi connectivity index (χ4n) is 3.87. The molecule has 0 aliphatic carbocycles. The molecule has 2 heterocycles. The van der Waals surface area contributed by atoms with Gasteiger partial charge in [-0.25, -0.2) is 9.79 Å². The summed E-state index contributed by atoms with van der Waals surface area (Å²) in [5.41, 5.74) is 2.41. The highest BCUT2D eigenvalue weighted by Crippen LogP contribution is 2.54.